The summed E-state index contributed by atoms with van der Waals surface area (Å²) in [6.45, 7) is 0. The van der Waals surface area contributed by atoms with E-state index in [1.165, 1.54) is 12.1 Å². The highest BCUT2D eigenvalue weighted by molar-refractivity contribution is 9.10. The van der Waals surface area contributed by atoms with Gasteiger partial charge in [0.2, 0.25) is 0 Å². The number of carbonyl (C=O) groups is 2. The van der Waals surface area contributed by atoms with Crippen LogP contribution in [0.3, 0.4) is 0 Å². The van der Waals surface area contributed by atoms with Gasteiger partial charge in [-0.15, -0.1) is 0 Å². The molecule has 7 heteroatoms. The lowest BCUT2D eigenvalue weighted by Gasteiger charge is -2.09. The highest BCUT2D eigenvalue weighted by atomic mass is 79.9. The number of carboxylic acids is 1. The van der Waals surface area contributed by atoms with Crippen molar-refractivity contribution in [2.75, 3.05) is 5.32 Å². The minimum Gasteiger partial charge on any atom is -0.478 e. The number of anilines is 1. The lowest BCUT2D eigenvalue weighted by Crippen LogP contribution is -2.14. The average molecular weight is 433 g/mol. The Morgan fingerprint density at radius 2 is 1.81 bits per heavy atom. The topological polar surface area (TPSA) is 66.4 Å². The van der Waals surface area contributed by atoms with Crippen LogP contribution in [0.2, 0.25) is 5.02 Å². The van der Waals surface area contributed by atoms with Gasteiger partial charge < -0.3 is 10.4 Å². The Morgan fingerprint density at radius 3 is 2.43 bits per heavy atom. The van der Waals surface area contributed by atoms with Crippen LogP contribution < -0.4 is 5.32 Å². The Morgan fingerprint density at radius 1 is 1.10 bits per heavy atom. The van der Waals surface area contributed by atoms with Gasteiger partial charge in [0.1, 0.15) is 0 Å². The molecule has 0 heterocycles. The zero-order chi connectivity index (χ0) is 15.6. The van der Waals surface area contributed by atoms with Crippen LogP contribution in [0.15, 0.2) is 45.3 Å². The zero-order valence-electron chi connectivity index (χ0n) is 10.4. The molecule has 2 aromatic carbocycles. The summed E-state index contributed by atoms with van der Waals surface area (Å²) in [7, 11) is 0. The molecule has 2 aromatic rings. The maximum Gasteiger partial charge on any atom is 0.337 e. The van der Waals surface area contributed by atoms with E-state index in [0.29, 0.717) is 19.5 Å². The molecule has 0 aliphatic rings. The third-order valence-electron chi connectivity index (χ3n) is 2.64. The molecule has 0 spiro atoms. The van der Waals surface area contributed by atoms with Crippen molar-refractivity contribution in [1.82, 2.24) is 0 Å². The van der Waals surface area contributed by atoms with E-state index in [1.807, 2.05) is 0 Å². The molecule has 0 aliphatic carbocycles. The van der Waals surface area contributed by atoms with Crippen LogP contribution in [0.1, 0.15) is 20.7 Å². The van der Waals surface area contributed by atoms with E-state index in [2.05, 4.69) is 37.2 Å². The minimum atomic E-state index is -1.12. The van der Waals surface area contributed by atoms with Gasteiger partial charge in [-0.1, -0.05) is 27.5 Å². The molecule has 0 aromatic heterocycles. The van der Waals surface area contributed by atoms with E-state index in [9.17, 15) is 9.59 Å². The Bertz CT molecular complexity index is 734. The van der Waals surface area contributed by atoms with Crippen molar-refractivity contribution >= 4 is 61.0 Å². The van der Waals surface area contributed by atoms with E-state index in [0.717, 1.165) is 0 Å². The van der Waals surface area contributed by atoms with Gasteiger partial charge in [0, 0.05) is 14.5 Å². The molecule has 4 nitrogen and oxygen atoms in total. The molecule has 21 heavy (non-hydrogen) atoms. The van der Waals surface area contributed by atoms with Gasteiger partial charge in [0.05, 0.1) is 16.3 Å². The number of nitrogens with one attached hydrogen (secondary N) is 1. The first-order valence-electron chi connectivity index (χ1n) is 5.67. The van der Waals surface area contributed by atoms with Crippen molar-refractivity contribution in [1.29, 1.82) is 0 Å². The van der Waals surface area contributed by atoms with Gasteiger partial charge in [0.15, 0.2) is 0 Å². The molecular formula is C14H8Br2ClNO3. The number of rotatable bonds is 3. The van der Waals surface area contributed by atoms with E-state index in [1.54, 1.807) is 24.3 Å². The summed E-state index contributed by atoms with van der Waals surface area (Å²) in [6, 6.07) is 9.25. The maximum absolute atomic E-state index is 12.2. The van der Waals surface area contributed by atoms with Crippen LogP contribution in [0.5, 0.6) is 0 Å². The van der Waals surface area contributed by atoms with Crippen molar-refractivity contribution in [3.05, 3.63) is 61.5 Å². The number of carboxylic acid groups (broad SMARTS) is 1. The van der Waals surface area contributed by atoms with Gasteiger partial charge in [-0.3, -0.25) is 4.79 Å². The molecule has 0 unspecified atom stereocenters. The van der Waals surface area contributed by atoms with Crippen LogP contribution in [0.25, 0.3) is 0 Å². The molecule has 1 amide bonds. The fourth-order valence-electron chi connectivity index (χ4n) is 1.64. The molecule has 0 bridgehead atoms. The molecule has 0 radical (unpaired) electrons. The molecule has 2 rings (SSSR count). The number of benzene rings is 2. The Hall–Kier alpha value is -1.37. The fourth-order valence-corrected chi connectivity index (χ4v) is 2.50. The summed E-state index contributed by atoms with van der Waals surface area (Å²) in [4.78, 5) is 23.3. The summed E-state index contributed by atoms with van der Waals surface area (Å²) < 4.78 is 1.25. The van der Waals surface area contributed by atoms with Crippen molar-refractivity contribution in [3.8, 4) is 0 Å². The van der Waals surface area contributed by atoms with Crippen molar-refractivity contribution < 1.29 is 14.7 Å². The SMILES string of the molecule is O=C(Nc1cc(Br)ccc1C(=O)O)c1ccc(Cl)c(Br)c1. The van der Waals surface area contributed by atoms with Gasteiger partial charge in [0.25, 0.3) is 5.91 Å². The Kier molecular flexibility index (Phi) is 5.03. The number of hydrogen-bond acceptors (Lipinski definition) is 2. The summed E-state index contributed by atoms with van der Waals surface area (Å²) >= 11 is 12.3. The van der Waals surface area contributed by atoms with Crippen LogP contribution >= 0.6 is 43.5 Å². The minimum absolute atomic E-state index is 0.0135. The van der Waals surface area contributed by atoms with E-state index >= 15 is 0 Å². The van der Waals surface area contributed by atoms with Crippen molar-refractivity contribution in [2.45, 2.75) is 0 Å². The smallest absolute Gasteiger partial charge is 0.337 e. The normalized spacial score (nSPS) is 10.2. The maximum atomic E-state index is 12.2. The fraction of sp³-hybridized carbons (Fsp3) is 0. The summed E-state index contributed by atoms with van der Waals surface area (Å²) in [5.74, 6) is -1.54. The molecule has 0 atom stereocenters. The molecule has 108 valence electrons. The quantitative estimate of drug-likeness (QED) is 0.730. The van der Waals surface area contributed by atoms with E-state index in [-0.39, 0.29) is 11.3 Å². The number of carbonyl (C=O) groups excluding carboxylic acids is 1. The first-order chi connectivity index (χ1) is 9.88. The van der Waals surface area contributed by atoms with Crippen LogP contribution in [-0.4, -0.2) is 17.0 Å². The van der Waals surface area contributed by atoms with Crippen molar-refractivity contribution in [3.63, 3.8) is 0 Å². The standard InChI is InChI=1S/C14H8Br2ClNO3/c15-8-2-3-9(14(20)21)12(6-8)18-13(19)7-1-4-11(17)10(16)5-7/h1-6H,(H,18,19)(H,20,21). The third-order valence-corrected chi connectivity index (χ3v) is 4.35. The van der Waals surface area contributed by atoms with Crippen LogP contribution in [0.4, 0.5) is 5.69 Å². The number of hydrogen-bond donors (Lipinski definition) is 2. The van der Waals surface area contributed by atoms with E-state index in [4.69, 9.17) is 16.7 Å². The second-order valence-electron chi connectivity index (χ2n) is 4.08. The van der Waals surface area contributed by atoms with Gasteiger partial charge >= 0.3 is 5.97 Å². The summed E-state index contributed by atoms with van der Waals surface area (Å²) in [6.07, 6.45) is 0. The lowest BCUT2D eigenvalue weighted by atomic mass is 10.1. The first kappa shape index (κ1) is 16.0. The predicted molar refractivity (Wildman–Crippen MR) is 88.2 cm³/mol. The van der Waals surface area contributed by atoms with E-state index < -0.39 is 11.9 Å². The monoisotopic (exact) mass is 431 g/mol. The summed E-state index contributed by atoms with van der Waals surface area (Å²) in [5, 5.41) is 12.2. The first-order valence-corrected chi connectivity index (χ1v) is 7.64. The van der Waals surface area contributed by atoms with Crippen molar-refractivity contribution in [2.24, 2.45) is 0 Å². The lowest BCUT2D eigenvalue weighted by molar-refractivity contribution is 0.0698. The highest BCUT2D eigenvalue weighted by Gasteiger charge is 2.14. The van der Waals surface area contributed by atoms with Gasteiger partial charge in [-0.25, -0.2) is 4.79 Å². The molecule has 0 saturated carbocycles. The molecule has 0 saturated heterocycles. The average Bonchev–Trinajstić information content (AvgIpc) is 2.41. The van der Waals surface area contributed by atoms with Gasteiger partial charge in [-0.2, -0.15) is 0 Å². The highest BCUT2D eigenvalue weighted by Crippen LogP contribution is 2.25. The Labute approximate surface area is 142 Å². The molecule has 2 N–H and O–H groups in total. The number of halogens is 3. The largest absolute Gasteiger partial charge is 0.478 e. The third kappa shape index (κ3) is 3.84. The summed E-state index contributed by atoms with van der Waals surface area (Å²) in [5.41, 5.74) is 0.593. The molecular weight excluding hydrogens is 425 g/mol. The Balaban J connectivity index is 2.33. The zero-order valence-corrected chi connectivity index (χ0v) is 14.3. The van der Waals surface area contributed by atoms with Gasteiger partial charge in [-0.05, 0) is 52.3 Å². The number of amides is 1. The molecule has 0 fully saturated rings. The number of aromatic carboxylic acids is 1. The molecule has 0 aliphatic heterocycles. The second kappa shape index (κ2) is 6.60. The predicted octanol–water partition coefficient (Wildman–Crippen LogP) is 4.82. The second-order valence-corrected chi connectivity index (χ2v) is 6.26. The van der Waals surface area contributed by atoms with Crippen LogP contribution in [-0.2, 0) is 0 Å². The van der Waals surface area contributed by atoms with Crippen LogP contribution in [0, 0.1) is 0 Å².